The Kier molecular flexibility index (Phi) is 5.46. The van der Waals surface area contributed by atoms with Crippen LogP contribution in [0.3, 0.4) is 0 Å². The molecule has 28 heavy (non-hydrogen) atoms. The van der Waals surface area contributed by atoms with Crippen LogP contribution in [0.2, 0.25) is 0 Å². The van der Waals surface area contributed by atoms with Crippen molar-refractivity contribution in [2.24, 2.45) is 0 Å². The number of hydrogen-bond donors (Lipinski definition) is 0. The lowest BCUT2D eigenvalue weighted by atomic mass is 9.93. The molecule has 0 radical (unpaired) electrons. The number of hydrogen-bond acceptors (Lipinski definition) is 4. The average molecular weight is 379 g/mol. The van der Waals surface area contributed by atoms with Gasteiger partial charge in [0.1, 0.15) is 12.4 Å². The van der Waals surface area contributed by atoms with E-state index in [2.05, 4.69) is 10.1 Å². The number of benzene rings is 2. The zero-order valence-corrected chi connectivity index (χ0v) is 15.6. The van der Waals surface area contributed by atoms with E-state index in [0.717, 1.165) is 31.2 Å². The quantitative estimate of drug-likeness (QED) is 0.636. The Balaban J connectivity index is 1.58. The predicted molar refractivity (Wildman–Crippen MR) is 103 cm³/mol. The summed E-state index contributed by atoms with van der Waals surface area (Å²) in [6.45, 7) is 0.251. The molecule has 144 valence electrons. The van der Waals surface area contributed by atoms with Gasteiger partial charge in [-0.1, -0.05) is 54.8 Å². The standard InChI is InChI=1S/C22H22FN3O2/c23-18-13-11-17(12-14-18)22(27)26(19-9-5-2-6-10-19)15-20-24-21(25-28-20)16-7-3-1-4-8-16/h1,3-4,7-8,11-14,19H,2,5-6,9-10,15H2. The van der Waals surface area contributed by atoms with Crippen molar-refractivity contribution in [2.75, 3.05) is 0 Å². The van der Waals surface area contributed by atoms with E-state index in [4.69, 9.17) is 4.52 Å². The normalized spacial score (nSPS) is 14.8. The van der Waals surface area contributed by atoms with Crippen molar-refractivity contribution in [2.45, 2.75) is 44.7 Å². The SMILES string of the molecule is O=C(c1ccc(F)cc1)N(Cc1nc(-c2ccccc2)no1)C1CCCCC1. The highest BCUT2D eigenvalue weighted by atomic mass is 19.1. The lowest BCUT2D eigenvalue weighted by molar-refractivity contribution is 0.0586. The fourth-order valence-corrected chi connectivity index (χ4v) is 3.69. The molecule has 0 bridgehead atoms. The minimum absolute atomic E-state index is 0.123. The topological polar surface area (TPSA) is 59.2 Å². The number of rotatable bonds is 5. The first-order chi connectivity index (χ1) is 13.7. The van der Waals surface area contributed by atoms with Crippen LogP contribution in [0.1, 0.15) is 48.4 Å². The Morgan fingerprint density at radius 1 is 1.04 bits per heavy atom. The van der Waals surface area contributed by atoms with Gasteiger partial charge in [-0.15, -0.1) is 0 Å². The van der Waals surface area contributed by atoms with Crippen LogP contribution >= 0.6 is 0 Å². The highest BCUT2D eigenvalue weighted by Crippen LogP contribution is 2.26. The third-order valence-electron chi connectivity index (χ3n) is 5.17. The summed E-state index contributed by atoms with van der Waals surface area (Å²) in [6, 6.07) is 15.4. The van der Waals surface area contributed by atoms with Gasteiger partial charge in [-0.05, 0) is 37.1 Å². The molecule has 0 N–H and O–H groups in total. The summed E-state index contributed by atoms with van der Waals surface area (Å²) in [7, 11) is 0. The average Bonchev–Trinajstić information content (AvgIpc) is 3.22. The van der Waals surface area contributed by atoms with E-state index in [1.807, 2.05) is 30.3 Å². The van der Waals surface area contributed by atoms with Crippen molar-refractivity contribution < 1.29 is 13.7 Å². The third kappa shape index (κ3) is 4.11. The van der Waals surface area contributed by atoms with Gasteiger partial charge in [0, 0.05) is 17.2 Å². The lowest BCUT2D eigenvalue weighted by Crippen LogP contribution is -2.41. The molecular formula is C22H22FN3O2. The Bertz CT molecular complexity index is 918. The van der Waals surface area contributed by atoms with E-state index < -0.39 is 0 Å². The van der Waals surface area contributed by atoms with Gasteiger partial charge in [0.05, 0.1) is 0 Å². The summed E-state index contributed by atoms with van der Waals surface area (Å²) in [5.41, 5.74) is 1.33. The number of halogens is 1. The summed E-state index contributed by atoms with van der Waals surface area (Å²) in [4.78, 5) is 19.4. The summed E-state index contributed by atoms with van der Waals surface area (Å²) in [5, 5.41) is 4.05. The molecule has 6 heteroatoms. The molecule has 1 aliphatic rings. The fraction of sp³-hybridized carbons (Fsp3) is 0.318. The van der Waals surface area contributed by atoms with Crippen LogP contribution in [0.15, 0.2) is 59.1 Å². The molecule has 1 fully saturated rings. The Hall–Kier alpha value is -3.02. The Labute approximate surface area is 163 Å². The van der Waals surface area contributed by atoms with Gasteiger partial charge in [-0.2, -0.15) is 4.98 Å². The molecule has 0 saturated heterocycles. The van der Waals surface area contributed by atoms with Crippen LogP contribution < -0.4 is 0 Å². The van der Waals surface area contributed by atoms with Crippen LogP contribution in [0, 0.1) is 5.82 Å². The molecule has 0 aliphatic heterocycles. The number of amides is 1. The molecule has 2 aromatic carbocycles. The monoisotopic (exact) mass is 379 g/mol. The molecule has 0 unspecified atom stereocenters. The zero-order valence-electron chi connectivity index (χ0n) is 15.6. The van der Waals surface area contributed by atoms with Crippen molar-refractivity contribution in [1.82, 2.24) is 15.0 Å². The molecule has 1 amide bonds. The van der Waals surface area contributed by atoms with Gasteiger partial charge in [-0.25, -0.2) is 4.39 Å². The van der Waals surface area contributed by atoms with Gasteiger partial charge in [0.25, 0.3) is 5.91 Å². The van der Waals surface area contributed by atoms with E-state index >= 15 is 0 Å². The molecule has 1 aromatic heterocycles. The van der Waals surface area contributed by atoms with Crippen LogP contribution in [0.4, 0.5) is 4.39 Å². The van der Waals surface area contributed by atoms with E-state index in [1.54, 1.807) is 4.90 Å². The molecule has 0 atom stereocenters. The van der Waals surface area contributed by atoms with Gasteiger partial charge in [0.15, 0.2) is 0 Å². The first kappa shape index (κ1) is 18.3. The summed E-state index contributed by atoms with van der Waals surface area (Å²) >= 11 is 0. The van der Waals surface area contributed by atoms with Crippen molar-refractivity contribution in [3.63, 3.8) is 0 Å². The first-order valence-electron chi connectivity index (χ1n) is 9.65. The first-order valence-corrected chi connectivity index (χ1v) is 9.65. The fourth-order valence-electron chi connectivity index (χ4n) is 3.69. The number of carbonyl (C=O) groups is 1. The van der Waals surface area contributed by atoms with Gasteiger partial charge >= 0.3 is 0 Å². The van der Waals surface area contributed by atoms with Crippen LogP contribution in [-0.4, -0.2) is 27.0 Å². The smallest absolute Gasteiger partial charge is 0.254 e. The molecule has 1 heterocycles. The van der Waals surface area contributed by atoms with Gasteiger partial charge in [-0.3, -0.25) is 4.79 Å². The predicted octanol–water partition coefficient (Wildman–Crippen LogP) is 4.85. The largest absolute Gasteiger partial charge is 0.337 e. The minimum Gasteiger partial charge on any atom is -0.337 e. The maximum atomic E-state index is 13.3. The van der Waals surface area contributed by atoms with E-state index in [0.29, 0.717) is 17.3 Å². The van der Waals surface area contributed by atoms with Crippen molar-refractivity contribution in [3.05, 3.63) is 71.9 Å². The summed E-state index contributed by atoms with van der Waals surface area (Å²) < 4.78 is 18.7. The molecule has 3 aromatic rings. The Morgan fingerprint density at radius 3 is 2.46 bits per heavy atom. The summed E-state index contributed by atoms with van der Waals surface area (Å²) in [6.07, 6.45) is 5.28. The second-order valence-corrected chi connectivity index (χ2v) is 7.11. The zero-order chi connectivity index (χ0) is 19.3. The number of nitrogens with zero attached hydrogens (tertiary/aromatic N) is 3. The highest BCUT2D eigenvalue weighted by molar-refractivity contribution is 5.94. The maximum Gasteiger partial charge on any atom is 0.254 e. The molecule has 4 rings (SSSR count). The molecule has 1 aliphatic carbocycles. The van der Waals surface area contributed by atoms with Crippen molar-refractivity contribution in [3.8, 4) is 11.4 Å². The molecule has 0 spiro atoms. The molecule has 5 nitrogen and oxygen atoms in total. The van der Waals surface area contributed by atoms with Crippen molar-refractivity contribution in [1.29, 1.82) is 0 Å². The minimum atomic E-state index is -0.356. The van der Waals surface area contributed by atoms with E-state index in [-0.39, 0.29) is 24.3 Å². The maximum absolute atomic E-state index is 13.3. The Morgan fingerprint density at radius 2 is 1.75 bits per heavy atom. The van der Waals surface area contributed by atoms with Crippen LogP contribution in [0.5, 0.6) is 0 Å². The van der Waals surface area contributed by atoms with Crippen LogP contribution in [-0.2, 0) is 6.54 Å². The van der Waals surface area contributed by atoms with Crippen molar-refractivity contribution >= 4 is 5.91 Å². The van der Waals surface area contributed by atoms with E-state index in [9.17, 15) is 9.18 Å². The second kappa shape index (κ2) is 8.33. The second-order valence-electron chi connectivity index (χ2n) is 7.11. The number of aromatic nitrogens is 2. The number of carbonyl (C=O) groups excluding carboxylic acids is 1. The highest BCUT2D eigenvalue weighted by Gasteiger charge is 2.28. The van der Waals surface area contributed by atoms with E-state index in [1.165, 1.54) is 30.7 Å². The summed E-state index contributed by atoms with van der Waals surface area (Å²) in [5.74, 6) is 0.421. The van der Waals surface area contributed by atoms with Gasteiger partial charge < -0.3 is 9.42 Å². The van der Waals surface area contributed by atoms with Gasteiger partial charge in [0.2, 0.25) is 11.7 Å². The van der Waals surface area contributed by atoms with Crippen LogP contribution in [0.25, 0.3) is 11.4 Å². The lowest BCUT2D eigenvalue weighted by Gasteiger charge is -2.33. The molecular weight excluding hydrogens is 357 g/mol. The third-order valence-corrected chi connectivity index (χ3v) is 5.17. The molecule has 1 saturated carbocycles.